The molecular weight excluding hydrogens is 368 g/mol. The number of benzene rings is 2. The third kappa shape index (κ3) is 4.25. The van der Waals surface area contributed by atoms with Crippen LogP contribution < -0.4 is 11.3 Å². The second-order valence-electron chi connectivity index (χ2n) is 7.59. The summed E-state index contributed by atoms with van der Waals surface area (Å²) in [5, 5.41) is 1.91. The number of hydrogen-bond acceptors (Lipinski definition) is 4. The Kier molecular flexibility index (Phi) is 5.72. The average Bonchev–Trinajstić information content (AvgIpc) is 2.73. The third-order valence-corrected chi connectivity index (χ3v) is 5.79. The SMILES string of the molecule is Cc1ccc2nc(/C=C\c3ccc(Cl)cc3)nc(C3CCC(NN)CC3)c2c1. The van der Waals surface area contributed by atoms with E-state index in [0.717, 1.165) is 47.6 Å². The first-order valence-electron chi connectivity index (χ1n) is 9.80. The van der Waals surface area contributed by atoms with Gasteiger partial charge in [-0.3, -0.25) is 11.3 Å². The van der Waals surface area contributed by atoms with Crippen molar-refractivity contribution in [1.82, 2.24) is 15.4 Å². The molecule has 1 saturated carbocycles. The van der Waals surface area contributed by atoms with E-state index in [1.807, 2.05) is 36.4 Å². The summed E-state index contributed by atoms with van der Waals surface area (Å²) in [7, 11) is 0. The Morgan fingerprint density at radius 3 is 2.46 bits per heavy atom. The van der Waals surface area contributed by atoms with Crippen molar-refractivity contribution in [2.45, 2.75) is 44.6 Å². The van der Waals surface area contributed by atoms with Crippen molar-refractivity contribution >= 4 is 34.7 Å². The third-order valence-electron chi connectivity index (χ3n) is 5.54. The molecule has 4 rings (SSSR count). The second kappa shape index (κ2) is 8.39. The molecule has 28 heavy (non-hydrogen) atoms. The zero-order chi connectivity index (χ0) is 19.5. The molecule has 0 aliphatic heterocycles. The standard InChI is InChI=1S/C23H25ClN4/c1-15-2-12-21-20(14-15)23(17-6-10-19(28-25)11-7-17)27-22(26-21)13-5-16-3-8-18(24)9-4-16/h2-5,8-9,12-14,17,19,28H,6-7,10-11,25H2,1H3/b13-5-. The molecule has 3 aromatic rings. The highest BCUT2D eigenvalue weighted by atomic mass is 35.5. The van der Waals surface area contributed by atoms with Crippen molar-refractivity contribution in [1.29, 1.82) is 0 Å². The van der Waals surface area contributed by atoms with Crippen LogP contribution >= 0.6 is 11.6 Å². The largest absolute Gasteiger partial charge is 0.271 e. The zero-order valence-electron chi connectivity index (χ0n) is 16.0. The predicted molar refractivity (Wildman–Crippen MR) is 117 cm³/mol. The van der Waals surface area contributed by atoms with Crippen LogP contribution in [0.25, 0.3) is 23.1 Å². The monoisotopic (exact) mass is 392 g/mol. The molecule has 3 N–H and O–H groups in total. The first-order valence-corrected chi connectivity index (χ1v) is 10.2. The van der Waals surface area contributed by atoms with E-state index in [1.54, 1.807) is 0 Å². The quantitative estimate of drug-likeness (QED) is 0.470. The smallest absolute Gasteiger partial charge is 0.152 e. The van der Waals surface area contributed by atoms with Crippen LogP contribution in [0, 0.1) is 6.92 Å². The number of nitrogens with zero attached hydrogens (tertiary/aromatic N) is 2. The Morgan fingerprint density at radius 1 is 1.00 bits per heavy atom. The molecule has 2 aromatic carbocycles. The average molecular weight is 393 g/mol. The van der Waals surface area contributed by atoms with Crippen LogP contribution in [0.5, 0.6) is 0 Å². The summed E-state index contributed by atoms with van der Waals surface area (Å²) >= 11 is 5.97. The number of hydrogen-bond donors (Lipinski definition) is 2. The van der Waals surface area contributed by atoms with E-state index in [0.29, 0.717) is 12.0 Å². The Bertz CT molecular complexity index is 989. The molecule has 0 bridgehead atoms. The van der Waals surface area contributed by atoms with Gasteiger partial charge < -0.3 is 0 Å². The molecule has 1 heterocycles. The van der Waals surface area contributed by atoms with E-state index >= 15 is 0 Å². The van der Waals surface area contributed by atoms with E-state index in [4.69, 9.17) is 27.4 Å². The van der Waals surface area contributed by atoms with Crippen molar-refractivity contribution in [2.75, 3.05) is 0 Å². The first-order chi connectivity index (χ1) is 13.6. The van der Waals surface area contributed by atoms with E-state index in [9.17, 15) is 0 Å². The summed E-state index contributed by atoms with van der Waals surface area (Å²) in [6.07, 6.45) is 8.36. The molecule has 0 radical (unpaired) electrons. The lowest BCUT2D eigenvalue weighted by Crippen LogP contribution is -2.37. The van der Waals surface area contributed by atoms with Gasteiger partial charge >= 0.3 is 0 Å². The van der Waals surface area contributed by atoms with E-state index < -0.39 is 0 Å². The highest BCUT2D eigenvalue weighted by molar-refractivity contribution is 6.30. The minimum atomic E-state index is 0.412. The molecule has 1 aliphatic carbocycles. The molecule has 0 amide bonds. The lowest BCUT2D eigenvalue weighted by atomic mass is 9.83. The van der Waals surface area contributed by atoms with Crippen molar-refractivity contribution in [2.24, 2.45) is 5.84 Å². The summed E-state index contributed by atoms with van der Waals surface area (Å²) in [6, 6.07) is 14.6. The summed E-state index contributed by atoms with van der Waals surface area (Å²) in [4.78, 5) is 9.75. The van der Waals surface area contributed by atoms with Gasteiger partial charge in [-0.25, -0.2) is 9.97 Å². The molecule has 0 spiro atoms. The molecule has 1 aromatic heterocycles. The van der Waals surface area contributed by atoms with Crippen LogP contribution in [0.15, 0.2) is 42.5 Å². The maximum absolute atomic E-state index is 5.97. The topological polar surface area (TPSA) is 63.8 Å². The van der Waals surface area contributed by atoms with E-state index in [2.05, 4.69) is 30.5 Å². The highest BCUT2D eigenvalue weighted by Gasteiger charge is 2.24. The van der Waals surface area contributed by atoms with Crippen molar-refractivity contribution in [3.8, 4) is 0 Å². The summed E-state index contributed by atoms with van der Waals surface area (Å²) in [5.74, 6) is 6.83. The first kappa shape index (κ1) is 19.1. The number of halogens is 1. The molecule has 144 valence electrons. The minimum Gasteiger partial charge on any atom is -0.271 e. The Balaban J connectivity index is 1.70. The van der Waals surface area contributed by atoms with Gasteiger partial charge in [0.15, 0.2) is 5.82 Å². The fourth-order valence-corrected chi connectivity index (χ4v) is 4.07. The van der Waals surface area contributed by atoms with Crippen molar-refractivity contribution in [3.63, 3.8) is 0 Å². The Labute approximate surface area is 170 Å². The lowest BCUT2D eigenvalue weighted by Gasteiger charge is -2.28. The van der Waals surface area contributed by atoms with E-state index in [-0.39, 0.29) is 0 Å². The van der Waals surface area contributed by atoms with Gasteiger partial charge in [0.05, 0.1) is 11.2 Å². The maximum atomic E-state index is 5.97. The lowest BCUT2D eigenvalue weighted by molar-refractivity contribution is 0.344. The Morgan fingerprint density at radius 2 is 1.75 bits per heavy atom. The maximum Gasteiger partial charge on any atom is 0.152 e. The van der Waals surface area contributed by atoms with Gasteiger partial charge in [0.2, 0.25) is 0 Å². The molecule has 1 aliphatic rings. The minimum absolute atomic E-state index is 0.412. The van der Waals surface area contributed by atoms with Crippen LogP contribution in [-0.2, 0) is 0 Å². The fourth-order valence-electron chi connectivity index (χ4n) is 3.95. The van der Waals surface area contributed by atoms with Gasteiger partial charge in [0.1, 0.15) is 0 Å². The zero-order valence-corrected chi connectivity index (χ0v) is 16.8. The number of fused-ring (bicyclic) bond motifs is 1. The van der Waals surface area contributed by atoms with Crippen molar-refractivity contribution in [3.05, 3.63) is 70.1 Å². The molecule has 1 fully saturated rings. The number of aryl methyl sites for hydroxylation is 1. The van der Waals surface area contributed by atoms with Crippen LogP contribution in [0.1, 0.15) is 54.2 Å². The van der Waals surface area contributed by atoms with Crippen LogP contribution in [0.4, 0.5) is 0 Å². The summed E-state index contributed by atoms with van der Waals surface area (Å²) in [5.41, 5.74) is 7.41. The number of aromatic nitrogens is 2. The van der Waals surface area contributed by atoms with Crippen LogP contribution in [0.2, 0.25) is 5.02 Å². The highest BCUT2D eigenvalue weighted by Crippen LogP contribution is 2.35. The van der Waals surface area contributed by atoms with Gasteiger partial charge in [0.25, 0.3) is 0 Å². The number of hydrazine groups is 1. The molecule has 4 nitrogen and oxygen atoms in total. The normalized spacial score (nSPS) is 20.1. The van der Waals surface area contributed by atoms with Crippen LogP contribution in [0.3, 0.4) is 0 Å². The van der Waals surface area contributed by atoms with Gasteiger partial charge in [-0.1, -0.05) is 41.4 Å². The van der Waals surface area contributed by atoms with Crippen molar-refractivity contribution < 1.29 is 0 Å². The Hall–Kier alpha value is -2.27. The summed E-state index contributed by atoms with van der Waals surface area (Å²) in [6.45, 7) is 2.12. The van der Waals surface area contributed by atoms with Gasteiger partial charge in [-0.15, -0.1) is 0 Å². The molecule has 0 saturated heterocycles. The molecule has 0 atom stereocenters. The second-order valence-corrected chi connectivity index (χ2v) is 8.02. The number of nitrogens with two attached hydrogens (primary N) is 1. The van der Waals surface area contributed by atoms with Gasteiger partial charge in [-0.2, -0.15) is 0 Å². The number of rotatable bonds is 4. The number of nitrogens with one attached hydrogen (secondary N) is 1. The van der Waals surface area contributed by atoms with E-state index in [1.165, 1.54) is 16.6 Å². The van der Waals surface area contributed by atoms with Gasteiger partial charge in [0, 0.05) is 22.4 Å². The molecular formula is C23H25ClN4. The molecule has 0 unspecified atom stereocenters. The molecule has 5 heteroatoms. The van der Waals surface area contributed by atoms with Gasteiger partial charge in [-0.05, 0) is 68.5 Å². The van der Waals surface area contributed by atoms with Crippen LogP contribution in [-0.4, -0.2) is 16.0 Å². The predicted octanol–water partition coefficient (Wildman–Crippen LogP) is 5.25. The summed E-state index contributed by atoms with van der Waals surface area (Å²) < 4.78 is 0. The fraction of sp³-hybridized carbons (Fsp3) is 0.304.